The number of hydrogen-bond acceptors (Lipinski definition) is 4. The molecule has 0 spiro atoms. The van der Waals surface area contributed by atoms with Gasteiger partial charge in [0.2, 0.25) is 0 Å². The Morgan fingerprint density at radius 3 is 2.65 bits per heavy atom. The number of allylic oxidation sites excluding steroid dienone is 1. The molecule has 0 radical (unpaired) electrons. The molecule has 6 heteroatoms. The highest BCUT2D eigenvalue weighted by Gasteiger charge is 2.35. The number of pyridine rings is 1. The Labute approximate surface area is 117 Å². The summed E-state index contributed by atoms with van der Waals surface area (Å²) in [6.45, 7) is 4.09. The SMILES string of the molecule is CCN1C(=O)NC(c2ccncc2)C(C(=O)OC)=C1C. The molecular formula is C14H17N3O3. The molecule has 0 bridgehead atoms. The molecule has 1 aliphatic heterocycles. The highest BCUT2D eigenvalue weighted by molar-refractivity contribution is 5.94. The molecule has 1 aromatic rings. The van der Waals surface area contributed by atoms with Gasteiger partial charge in [0, 0.05) is 24.6 Å². The van der Waals surface area contributed by atoms with Crippen molar-refractivity contribution in [1.82, 2.24) is 15.2 Å². The molecule has 0 saturated carbocycles. The minimum atomic E-state index is -0.513. The second-order valence-electron chi connectivity index (χ2n) is 4.40. The summed E-state index contributed by atoms with van der Waals surface area (Å²) in [4.78, 5) is 29.6. The van der Waals surface area contributed by atoms with Crippen molar-refractivity contribution in [2.24, 2.45) is 0 Å². The second kappa shape index (κ2) is 5.73. The van der Waals surface area contributed by atoms with Gasteiger partial charge < -0.3 is 10.1 Å². The predicted octanol–water partition coefficient (Wildman–Crippen LogP) is 1.61. The number of hydrogen-bond donors (Lipinski definition) is 1. The quantitative estimate of drug-likeness (QED) is 0.851. The predicted molar refractivity (Wildman–Crippen MR) is 72.6 cm³/mol. The number of ether oxygens (including phenoxy) is 1. The third-order valence-corrected chi connectivity index (χ3v) is 3.36. The summed E-state index contributed by atoms with van der Waals surface area (Å²) in [6.07, 6.45) is 3.25. The summed E-state index contributed by atoms with van der Waals surface area (Å²) in [5, 5.41) is 2.83. The van der Waals surface area contributed by atoms with E-state index in [4.69, 9.17) is 4.74 Å². The molecule has 2 heterocycles. The molecule has 1 aromatic heterocycles. The average Bonchev–Trinajstić information content (AvgIpc) is 2.47. The van der Waals surface area contributed by atoms with E-state index in [1.807, 2.05) is 6.92 Å². The van der Waals surface area contributed by atoms with Gasteiger partial charge in [-0.3, -0.25) is 9.88 Å². The van der Waals surface area contributed by atoms with Crippen molar-refractivity contribution in [2.75, 3.05) is 13.7 Å². The van der Waals surface area contributed by atoms with E-state index in [0.29, 0.717) is 17.8 Å². The van der Waals surface area contributed by atoms with Gasteiger partial charge in [0.05, 0.1) is 18.7 Å². The van der Waals surface area contributed by atoms with Gasteiger partial charge in [-0.2, -0.15) is 0 Å². The lowest BCUT2D eigenvalue weighted by molar-refractivity contribution is -0.136. The van der Waals surface area contributed by atoms with Crippen LogP contribution in [0.25, 0.3) is 0 Å². The van der Waals surface area contributed by atoms with E-state index in [-0.39, 0.29) is 6.03 Å². The van der Waals surface area contributed by atoms with Gasteiger partial charge in [0.25, 0.3) is 0 Å². The summed E-state index contributed by atoms with van der Waals surface area (Å²) in [5.41, 5.74) is 1.86. The van der Waals surface area contributed by atoms with Crippen LogP contribution in [0.1, 0.15) is 25.5 Å². The Morgan fingerprint density at radius 2 is 2.10 bits per heavy atom. The van der Waals surface area contributed by atoms with Crippen LogP contribution in [0.5, 0.6) is 0 Å². The zero-order chi connectivity index (χ0) is 14.7. The van der Waals surface area contributed by atoms with Crippen molar-refractivity contribution in [3.8, 4) is 0 Å². The molecule has 1 N–H and O–H groups in total. The van der Waals surface area contributed by atoms with Crippen LogP contribution >= 0.6 is 0 Å². The first-order valence-electron chi connectivity index (χ1n) is 6.37. The summed E-state index contributed by atoms with van der Waals surface area (Å²) in [5.74, 6) is -0.442. The molecule has 20 heavy (non-hydrogen) atoms. The zero-order valence-electron chi connectivity index (χ0n) is 11.7. The molecule has 1 atom stereocenters. The molecular weight excluding hydrogens is 258 g/mol. The molecule has 0 fully saturated rings. The van der Waals surface area contributed by atoms with Crippen LogP contribution in [0, 0.1) is 0 Å². The number of urea groups is 1. The average molecular weight is 275 g/mol. The van der Waals surface area contributed by atoms with E-state index in [0.717, 1.165) is 5.56 Å². The minimum absolute atomic E-state index is 0.223. The topological polar surface area (TPSA) is 71.5 Å². The van der Waals surface area contributed by atoms with Crippen LogP contribution in [0.15, 0.2) is 35.8 Å². The lowest BCUT2D eigenvalue weighted by Gasteiger charge is -2.34. The fraction of sp³-hybridized carbons (Fsp3) is 0.357. The molecule has 1 unspecified atom stereocenters. The largest absolute Gasteiger partial charge is 0.466 e. The summed E-state index contributed by atoms with van der Waals surface area (Å²) in [6, 6.07) is 2.80. The van der Waals surface area contributed by atoms with Gasteiger partial charge >= 0.3 is 12.0 Å². The number of esters is 1. The van der Waals surface area contributed by atoms with E-state index in [1.54, 1.807) is 31.5 Å². The van der Waals surface area contributed by atoms with E-state index in [9.17, 15) is 9.59 Å². The molecule has 0 saturated heterocycles. The maximum absolute atomic E-state index is 12.1. The van der Waals surface area contributed by atoms with Crippen molar-refractivity contribution < 1.29 is 14.3 Å². The Morgan fingerprint density at radius 1 is 1.45 bits per heavy atom. The number of carbonyl (C=O) groups excluding carboxylic acids is 2. The van der Waals surface area contributed by atoms with Crippen molar-refractivity contribution >= 4 is 12.0 Å². The third-order valence-electron chi connectivity index (χ3n) is 3.36. The number of nitrogens with one attached hydrogen (secondary N) is 1. The molecule has 6 nitrogen and oxygen atoms in total. The molecule has 2 rings (SSSR count). The van der Waals surface area contributed by atoms with Crippen LogP contribution in [-0.2, 0) is 9.53 Å². The van der Waals surface area contributed by atoms with Crippen molar-refractivity contribution in [2.45, 2.75) is 19.9 Å². The maximum Gasteiger partial charge on any atom is 0.337 e. The highest BCUT2D eigenvalue weighted by atomic mass is 16.5. The second-order valence-corrected chi connectivity index (χ2v) is 4.40. The number of nitrogens with zero attached hydrogens (tertiary/aromatic N) is 2. The first-order valence-corrected chi connectivity index (χ1v) is 6.37. The van der Waals surface area contributed by atoms with Gasteiger partial charge in [0.1, 0.15) is 0 Å². The standard InChI is InChI=1S/C14H17N3O3/c1-4-17-9(2)11(13(18)20-3)12(16-14(17)19)10-5-7-15-8-6-10/h5-8,12H,4H2,1-3H3,(H,16,19). The molecule has 106 valence electrons. The Bertz CT molecular complexity index is 554. The molecule has 2 amide bonds. The minimum Gasteiger partial charge on any atom is -0.466 e. The van der Waals surface area contributed by atoms with Gasteiger partial charge in [0.15, 0.2) is 0 Å². The van der Waals surface area contributed by atoms with Crippen molar-refractivity contribution in [3.63, 3.8) is 0 Å². The summed E-state index contributed by atoms with van der Waals surface area (Å²) in [7, 11) is 1.33. The van der Waals surface area contributed by atoms with E-state index in [2.05, 4.69) is 10.3 Å². The third kappa shape index (κ3) is 2.36. The monoisotopic (exact) mass is 275 g/mol. The maximum atomic E-state index is 12.1. The number of rotatable bonds is 3. The lowest BCUT2D eigenvalue weighted by atomic mass is 9.96. The Balaban J connectivity index is 2.53. The molecule has 1 aliphatic rings. The molecule has 0 aromatic carbocycles. The highest BCUT2D eigenvalue weighted by Crippen LogP contribution is 2.30. The summed E-state index contributed by atoms with van der Waals surface area (Å²) < 4.78 is 4.85. The van der Waals surface area contributed by atoms with E-state index < -0.39 is 12.0 Å². The first-order chi connectivity index (χ1) is 9.60. The number of methoxy groups -OCH3 is 1. The molecule has 0 aliphatic carbocycles. The lowest BCUT2D eigenvalue weighted by Crippen LogP contribution is -2.47. The Hall–Kier alpha value is -2.37. The smallest absolute Gasteiger partial charge is 0.337 e. The van der Waals surface area contributed by atoms with E-state index in [1.165, 1.54) is 12.0 Å². The van der Waals surface area contributed by atoms with Crippen LogP contribution in [0.3, 0.4) is 0 Å². The number of aromatic nitrogens is 1. The zero-order valence-corrected chi connectivity index (χ0v) is 11.7. The van der Waals surface area contributed by atoms with Crippen LogP contribution in [0.4, 0.5) is 4.79 Å². The number of carbonyl (C=O) groups is 2. The Kier molecular flexibility index (Phi) is 4.02. The summed E-state index contributed by atoms with van der Waals surface area (Å²) >= 11 is 0. The van der Waals surface area contributed by atoms with Gasteiger partial charge in [-0.05, 0) is 31.5 Å². The normalized spacial score (nSPS) is 18.9. The van der Waals surface area contributed by atoms with Gasteiger partial charge in [-0.15, -0.1) is 0 Å². The fourth-order valence-electron chi connectivity index (χ4n) is 2.34. The van der Waals surface area contributed by atoms with Crippen molar-refractivity contribution in [3.05, 3.63) is 41.4 Å². The van der Waals surface area contributed by atoms with Gasteiger partial charge in [-0.25, -0.2) is 9.59 Å². The van der Waals surface area contributed by atoms with Crippen LogP contribution < -0.4 is 5.32 Å². The van der Waals surface area contributed by atoms with Gasteiger partial charge in [-0.1, -0.05) is 0 Å². The van der Waals surface area contributed by atoms with Crippen LogP contribution in [0.2, 0.25) is 0 Å². The van der Waals surface area contributed by atoms with Crippen molar-refractivity contribution in [1.29, 1.82) is 0 Å². The fourth-order valence-corrected chi connectivity index (χ4v) is 2.34. The van der Waals surface area contributed by atoms with Crippen LogP contribution in [-0.4, -0.2) is 35.5 Å². The first kappa shape index (κ1) is 14.0. The van der Waals surface area contributed by atoms with E-state index >= 15 is 0 Å². The number of amides is 2.